The molecule has 12 heteroatoms. The highest BCUT2D eigenvalue weighted by Crippen LogP contribution is 2.29. The third-order valence-electron chi connectivity index (χ3n) is 4.70. The highest BCUT2D eigenvalue weighted by Gasteiger charge is 2.49. The predicted molar refractivity (Wildman–Crippen MR) is 107 cm³/mol. The summed E-state index contributed by atoms with van der Waals surface area (Å²) in [6, 6.07) is 9.61. The number of carbonyl (C=O) groups is 3. The summed E-state index contributed by atoms with van der Waals surface area (Å²) in [5, 5.41) is 5.38. The Kier molecular flexibility index (Phi) is 6.01. The SMILES string of the molecule is CC1(c2ccc(Cl)cc2)NC(=O)N(CC(=O)Nc2ccc(S(=O)(=O)C(F)F)cc2)C1=O. The van der Waals surface area contributed by atoms with E-state index >= 15 is 0 Å². The molecular formula is C19H16ClF2N3O5S. The van der Waals surface area contributed by atoms with Crippen molar-refractivity contribution in [1.29, 1.82) is 0 Å². The minimum atomic E-state index is -4.76. The van der Waals surface area contributed by atoms with E-state index in [4.69, 9.17) is 11.6 Å². The molecule has 2 aromatic rings. The number of rotatable bonds is 6. The number of urea groups is 1. The fourth-order valence-corrected chi connectivity index (χ4v) is 3.84. The van der Waals surface area contributed by atoms with E-state index in [-0.39, 0.29) is 5.69 Å². The van der Waals surface area contributed by atoms with Gasteiger partial charge in [-0.2, -0.15) is 8.78 Å². The molecule has 2 N–H and O–H groups in total. The first-order valence-corrected chi connectivity index (χ1v) is 10.7. The molecule has 0 radical (unpaired) electrons. The first kappa shape index (κ1) is 22.6. The molecule has 1 heterocycles. The molecule has 0 spiro atoms. The van der Waals surface area contributed by atoms with Gasteiger partial charge in [0.25, 0.3) is 5.91 Å². The molecule has 1 saturated heterocycles. The zero-order valence-electron chi connectivity index (χ0n) is 15.9. The van der Waals surface area contributed by atoms with Gasteiger partial charge in [0.15, 0.2) is 0 Å². The molecule has 164 valence electrons. The highest BCUT2D eigenvalue weighted by atomic mass is 35.5. The van der Waals surface area contributed by atoms with Crippen molar-refractivity contribution in [2.24, 2.45) is 0 Å². The lowest BCUT2D eigenvalue weighted by molar-refractivity contribution is -0.133. The van der Waals surface area contributed by atoms with Gasteiger partial charge in [0.1, 0.15) is 12.1 Å². The molecule has 4 amide bonds. The minimum Gasteiger partial charge on any atom is -0.325 e. The van der Waals surface area contributed by atoms with Crippen LogP contribution in [0.25, 0.3) is 0 Å². The summed E-state index contributed by atoms with van der Waals surface area (Å²) in [7, 11) is -4.76. The maximum Gasteiger partial charge on any atom is 0.341 e. The minimum absolute atomic E-state index is 0.103. The van der Waals surface area contributed by atoms with Crippen molar-refractivity contribution in [2.45, 2.75) is 23.1 Å². The molecular weight excluding hydrogens is 456 g/mol. The molecule has 0 aliphatic carbocycles. The van der Waals surface area contributed by atoms with Crippen LogP contribution < -0.4 is 10.6 Å². The normalized spacial score (nSPS) is 18.9. The Labute approximate surface area is 181 Å². The second-order valence-electron chi connectivity index (χ2n) is 6.83. The van der Waals surface area contributed by atoms with Gasteiger partial charge in [-0.25, -0.2) is 13.2 Å². The molecule has 1 unspecified atom stereocenters. The number of alkyl halides is 2. The Balaban J connectivity index is 1.70. The molecule has 0 aromatic heterocycles. The van der Waals surface area contributed by atoms with Crippen LogP contribution in [0.4, 0.5) is 19.3 Å². The number of hydrogen-bond donors (Lipinski definition) is 2. The van der Waals surface area contributed by atoms with Crippen LogP contribution >= 0.6 is 11.6 Å². The van der Waals surface area contributed by atoms with Gasteiger partial charge in [-0.05, 0) is 48.9 Å². The lowest BCUT2D eigenvalue weighted by Gasteiger charge is -2.22. The van der Waals surface area contributed by atoms with Gasteiger partial charge in [-0.1, -0.05) is 23.7 Å². The first-order valence-electron chi connectivity index (χ1n) is 8.77. The molecule has 1 fully saturated rings. The van der Waals surface area contributed by atoms with E-state index in [0.717, 1.165) is 29.2 Å². The van der Waals surface area contributed by atoms with Crippen LogP contribution in [-0.2, 0) is 25.0 Å². The average Bonchev–Trinajstić information content (AvgIpc) is 2.92. The van der Waals surface area contributed by atoms with E-state index in [1.807, 2.05) is 0 Å². The summed E-state index contributed by atoms with van der Waals surface area (Å²) in [6.45, 7) is 0.890. The van der Waals surface area contributed by atoms with Crippen molar-refractivity contribution in [3.63, 3.8) is 0 Å². The average molecular weight is 472 g/mol. The van der Waals surface area contributed by atoms with Crippen molar-refractivity contribution >= 4 is 45.0 Å². The molecule has 0 saturated carbocycles. The number of carbonyl (C=O) groups excluding carboxylic acids is 3. The van der Waals surface area contributed by atoms with Crippen LogP contribution in [0, 0.1) is 0 Å². The molecule has 8 nitrogen and oxygen atoms in total. The van der Waals surface area contributed by atoms with Gasteiger partial charge in [-0.15, -0.1) is 0 Å². The Morgan fingerprint density at radius 2 is 1.71 bits per heavy atom. The monoisotopic (exact) mass is 471 g/mol. The topological polar surface area (TPSA) is 113 Å². The van der Waals surface area contributed by atoms with Gasteiger partial charge in [0, 0.05) is 10.7 Å². The van der Waals surface area contributed by atoms with Crippen molar-refractivity contribution < 1.29 is 31.6 Å². The van der Waals surface area contributed by atoms with Gasteiger partial charge in [-0.3, -0.25) is 14.5 Å². The lowest BCUT2D eigenvalue weighted by atomic mass is 9.92. The van der Waals surface area contributed by atoms with Crippen LogP contribution in [0.1, 0.15) is 12.5 Å². The number of nitrogens with zero attached hydrogens (tertiary/aromatic N) is 1. The quantitative estimate of drug-likeness (QED) is 0.629. The highest BCUT2D eigenvalue weighted by molar-refractivity contribution is 7.91. The summed E-state index contributed by atoms with van der Waals surface area (Å²) in [5.74, 6) is -4.95. The van der Waals surface area contributed by atoms with Crippen molar-refractivity contribution in [1.82, 2.24) is 10.2 Å². The van der Waals surface area contributed by atoms with Gasteiger partial charge < -0.3 is 10.6 Å². The Morgan fingerprint density at radius 1 is 1.13 bits per heavy atom. The fourth-order valence-electron chi connectivity index (χ4n) is 2.99. The number of imide groups is 1. The van der Waals surface area contributed by atoms with Gasteiger partial charge in [0.2, 0.25) is 15.7 Å². The second-order valence-corrected chi connectivity index (χ2v) is 9.19. The fraction of sp³-hybridized carbons (Fsp3) is 0.211. The van der Waals surface area contributed by atoms with Gasteiger partial charge >= 0.3 is 11.8 Å². The zero-order valence-corrected chi connectivity index (χ0v) is 17.5. The van der Waals surface area contributed by atoms with Crippen LogP contribution in [0.2, 0.25) is 5.02 Å². The number of anilines is 1. The molecule has 3 rings (SSSR count). The predicted octanol–water partition coefficient (Wildman–Crippen LogP) is 2.74. The van der Waals surface area contributed by atoms with E-state index in [0.29, 0.717) is 10.6 Å². The number of sulfone groups is 1. The third-order valence-corrected chi connectivity index (χ3v) is 6.35. The largest absolute Gasteiger partial charge is 0.341 e. The molecule has 0 bridgehead atoms. The van der Waals surface area contributed by atoms with Crippen LogP contribution in [0.3, 0.4) is 0 Å². The molecule has 2 aromatic carbocycles. The standard InChI is InChI=1S/C19H16ClF2N3O5S/c1-19(11-2-4-12(20)5-3-11)16(27)25(18(28)24-19)10-15(26)23-13-6-8-14(9-7-13)31(29,30)17(21)22/h2-9,17H,10H2,1H3,(H,23,26)(H,24,28). The lowest BCUT2D eigenvalue weighted by Crippen LogP contribution is -2.42. The molecule has 1 atom stereocenters. The second kappa shape index (κ2) is 8.23. The number of amides is 4. The smallest absolute Gasteiger partial charge is 0.325 e. The number of hydrogen-bond acceptors (Lipinski definition) is 5. The van der Waals surface area contributed by atoms with Crippen LogP contribution in [-0.4, -0.2) is 43.5 Å². The van der Waals surface area contributed by atoms with E-state index < -0.39 is 50.4 Å². The Morgan fingerprint density at radius 3 is 2.26 bits per heavy atom. The number of benzene rings is 2. The molecule has 31 heavy (non-hydrogen) atoms. The van der Waals surface area contributed by atoms with Gasteiger partial charge in [0.05, 0.1) is 4.90 Å². The summed E-state index contributed by atoms with van der Waals surface area (Å²) in [4.78, 5) is 37.6. The van der Waals surface area contributed by atoms with Crippen molar-refractivity contribution in [2.75, 3.05) is 11.9 Å². The van der Waals surface area contributed by atoms with E-state index in [2.05, 4.69) is 10.6 Å². The first-order chi connectivity index (χ1) is 14.4. The Hall–Kier alpha value is -3.05. The summed E-state index contributed by atoms with van der Waals surface area (Å²) >= 11 is 5.85. The van der Waals surface area contributed by atoms with E-state index in [1.165, 1.54) is 6.92 Å². The van der Waals surface area contributed by atoms with Crippen molar-refractivity contribution in [3.8, 4) is 0 Å². The zero-order chi connectivity index (χ0) is 23.0. The van der Waals surface area contributed by atoms with E-state index in [1.54, 1.807) is 24.3 Å². The van der Waals surface area contributed by atoms with Crippen LogP contribution in [0.5, 0.6) is 0 Å². The third kappa shape index (κ3) is 4.37. The summed E-state index contributed by atoms with van der Waals surface area (Å²) in [6.07, 6.45) is 0. The molecule has 1 aliphatic rings. The summed E-state index contributed by atoms with van der Waals surface area (Å²) in [5.41, 5.74) is -0.799. The van der Waals surface area contributed by atoms with Crippen LogP contribution in [0.15, 0.2) is 53.4 Å². The maximum absolute atomic E-state index is 12.8. The van der Waals surface area contributed by atoms with Crippen molar-refractivity contribution in [3.05, 3.63) is 59.1 Å². The summed E-state index contributed by atoms with van der Waals surface area (Å²) < 4.78 is 48.0. The maximum atomic E-state index is 12.8. The Bertz CT molecular complexity index is 1140. The van der Waals surface area contributed by atoms with E-state index in [9.17, 15) is 31.6 Å². The molecule has 1 aliphatic heterocycles. The number of nitrogens with one attached hydrogen (secondary N) is 2. The number of halogens is 3.